The molecule has 2 heterocycles. The number of amides is 1. The van der Waals surface area contributed by atoms with Gasteiger partial charge in [0.2, 0.25) is 0 Å². The van der Waals surface area contributed by atoms with E-state index >= 15 is 0 Å². The minimum Gasteiger partial charge on any atom is -0.394 e. The third-order valence-electron chi connectivity index (χ3n) is 2.97. The lowest BCUT2D eigenvalue weighted by molar-refractivity contribution is -0.0518. The molecule has 19 heavy (non-hydrogen) atoms. The van der Waals surface area contributed by atoms with Crippen LogP contribution in [0.25, 0.3) is 0 Å². The van der Waals surface area contributed by atoms with Crippen LogP contribution in [0.15, 0.2) is 6.33 Å². The summed E-state index contributed by atoms with van der Waals surface area (Å²) in [7, 11) is 0. The molecule has 0 aliphatic carbocycles. The van der Waals surface area contributed by atoms with Crippen molar-refractivity contribution in [1.29, 1.82) is 0 Å². The van der Waals surface area contributed by atoms with Crippen LogP contribution in [0.4, 0.5) is 5.82 Å². The Labute approximate surface area is 107 Å². The number of hydrogen-bond donors (Lipinski definition) is 6. The Morgan fingerprint density at radius 2 is 2.21 bits per heavy atom. The first kappa shape index (κ1) is 13.7. The molecular formula is C9H15N5O5. The van der Waals surface area contributed by atoms with Gasteiger partial charge in [-0.25, -0.2) is 10.8 Å². The van der Waals surface area contributed by atoms with Gasteiger partial charge in [0.1, 0.15) is 24.1 Å². The molecule has 0 unspecified atom stereocenters. The number of imidazole rings is 1. The van der Waals surface area contributed by atoms with E-state index in [4.69, 9.17) is 21.4 Å². The predicted molar refractivity (Wildman–Crippen MR) is 61.3 cm³/mol. The van der Waals surface area contributed by atoms with E-state index < -0.39 is 37.1 Å². The molecule has 2 rings (SSSR count). The maximum Gasteiger partial charge on any atom is 0.287 e. The van der Waals surface area contributed by atoms with Crippen molar-refractivity contribution in [2.75, 3.05) is 12.3 Å². The van der Waals surface area contributed by atoms with Crippen molar-refractivity contribution in [1.82, 2.24) is 15.0 Å². The van der Waals surface area contributed by atoms with Crippen LogP contribution >= 0.6 is 0 Å². The maximum absolute atomic E-state index is 11.3. The number of aromatic nitrogens is 2. The van der Waals surface area contributed by atoms with Gasteiger partial charge in [0.15, 0.2) is 11.9 Å². The number of carbonyl (C=O) groups is 1. The number of carbonyl (C=O) groups excluding carboxylic acids is 1. The molecule has 1 aliphatic rings. The summed E-state index contributed by atoms with van der Waals surface area (Å²) in [5.74, 6) is 4.21. The van der Waals surface area contributed by atoms with Crippen molar-refractivity contribution in [2.45, 2.75) is 24.5 Å². The fraction of sp³-hybridized carbons (Fsp3) is 0.556. The van der Waals surface area contributed by atoms with Gasteiger partial charge in [-0.3, -0.25) is 14.8 Å². The lowest BCUT2D eigenvalue weighted by Crippen LogP contribution is -2.33. The Hall–Kier alpha value is -1.72. The Morgan fingerprint density at radius 1 is 1.53 bits per heavy atom. The number of nitrogens with zero attached hydrogens (tertiary/aromatic N) is 2. The van der Waals surface area contributed by atoms with E-state index in [9.17, 15) is 15.0 Å². The van der Waals surface area contributed by atoms with Gasteiger partial charge in [0.25, 0.3) is 5.91 Å². The largest absolute Gasteiger partial charge is 0.394 e. The highest BCUT2D eigenvalue weighted by molar-refractivity contribution is 5.96. The summed E-state index contributed by atoms with van der Waals surface area (Å²) in [5.41, 5.74) is 7.46. The van der Waals surface area contributed by atoms with E-state index in [1.807, 2.05) is 5.43 Å². The van der Waals surface area contributed by atoms with E-state index in [2.05, 4.69) is 4.98 Å². The van der Waals surface area contributed by atoms with E-state index in [-0.39, 0.29) is 11.5 Å². The van der Waals surface area contributed by atoms with Crippen molar-refractivity contribution in [2.24, 2.45) is 5.84 Å². The second-order valence-corrected chi connectivity index (χ2v) is 4.09. The van der Waals surface area contributed by atoms with Crippen molar-refractivity contribution >= 4 is 11.7 Å². The molecule has 1 aliphatic heterocycles. The van der Waals surface area contributed by atoms with Gasteiger partial charge in [0, 0.05) is 0 Å². The number of nitrogens with two attached hydrogens (primary N) is 2. The maximum atomic E-state index is 11.3. The molecule has 0 spiro atoms. The van der Waals surface area contributed by atoms with E-state index in [1.165, 1.54) is 10.9 Å². The Bertz CT molecular complexity index is 478. The molecule has 0 radical (unpaired) electrons. The smallest absolute Gasteiger partial charge is 0.287 e. The SMILES string of the molecule is NNC(=O)c1ncn([C@@H]2O[C@H](CO)[C@@H](O)[C@H]2O)c1N. The second-order valence-electron chi connectivity index (χ2n) is 4.09. The lowest BCUT2D eigenvalue weighted by atomic mass is 10.1. The lowest BCUT2D eigenvalue weighted by Gasteiger charge is -2.17. The number of hydrogen-bond acceptors (Lipinski definition) is 8. The van der Waals surface area contributed by atoms with Crippen LogP contribution in [0.2, 0.25) is 0 Å². The molecule has 1 aromatic heterocycles. The van der Waals surface area contributed by atoms with Crippen LogP contribution in [0.5, 0.6) is 0 Å². The highest BCUT2D eigenvalue weighted by Gasteiger charge is 2.44. The van der Waals surface area contributed by atoms with Crippen LogP contribution in [-0.4, -0.2) is 55.7 Å². The Morgan fingerprint density at radius 3 is 2.74 bits per heavy atom. The van der Waals surface area contributed by atoms with Crippen LogP contribution < -0.4 is 17.0 Å². The third kappa shape index (κ3) is 2.15. The van der Waals surface area contributed by atoms with Gasteiger partial charge in [-0.15, -0.1) is 0 Å². The summed E-state index contributed by atoms with van der Waals surface area (Å²) in [6, 6.07) is 0. The van der Waals surface area contributed by atoms with Gasteiger partial charge >= 0.3 is 0 Å². The third-order valence-corrected chi connectivity index (χ3v) is 2.97. The summed E-state index contributed by atoms with van der Waals surface area (Å²) in [5, 5.41) is 28.4. The summed E-state index contributed by atoms with van der Waals surface area (Å²) >= 11 is 0. The molecule has 0 saturated carbocycles. The molecule has 4 atom stereocenters. The first-order valence-corrected chi connectivity index (χ1v) is 5.47. The molecule has 10 nitrogen and oxygen atoms in total. The quantitative estimate of drug-likeness (QED) is 0.189. The first-order valence-electron chi connectivity index (χ1n) is 5.47. The summed E-state index contributed by atoms with van der Waals surface area (Å²) in [4.78, 5) is 15.1. The summed E-state index contributed by atoms with van der Waals surface area (Å²) < 4.78 is 6.45. The van der Waals surface area contributed by atoms with Crippen LogP contribution in [0, 0.1) is 0 Å². The highest BCUT2D eigenvalue weighted by atomic mass is 16.6. The number of anilines is 1. The van der Waals surface area contributed by atoms with E-state index in [0.29, 0.717) is 0 Å². The molecule has 0 bridgehead atoms. The minimum atomic E-state index is -1.30. The standard InChI is InChI=1S/C9H15N5O5/c10-7-4(8(18)13-11)12-2-14(7)9-6(17)5(16)3(1-15)19-9/h2-3,5-6,9,15-17H,1,10-11H2,(H,13,18)/t3-,5-,6-,9-/m1/s1. The molecule has 1 amide bonds. The molecular weight excluding hydrogens is 258 g/mol. The minimum absolute atomic E-state index is 0.0715. The molecule has 106 valence electrons. The number of nitrogen functional groups attached to an aromatic ring is 2. The van der Waals surface area contributed by atoms with Gasteiger partial charge in [0.05, 0.1) is 12.9 Å². The van der Waals surface area contributed by atoms with Gasteiger partial charge in [-0.1, -0.05) is 0 Å². The zero-order valence-corrected chi connectivity index (χ0v) is 9.80. The highest BCUT2D eigenvalue weighted by Crippen LogP contribution is 2.31. The number of aliphatic hydroxyl groups excluding tert-OH is 3. The molecule has 1 saturated heterocycles. The number of ether oxygens (including phenoxy) is 1. The normalized spacial score (nSPS) is 30.5. The second kappa shape index (κ2) is 5.11. The van der Waals surface area contributed by atoms with Crippen LogP contribution in [-0.2, 0) is 4.74 Å². The van der Waals surface area contributed by atoms with Crippen LogP contribution in [0.1, 0.15) is 16.7 Å². The zero-order valence-electron chi connectivity index (χ0n) is 9.80. The van der Waals surface area contributed by atoms with E-state index in [0.717, 1.165) is 0 Å². The van der Waals surface area contributed by atoms with Crippen molar-refractivity contribution in [3.05, 3.63) is 12.0 Å². The predicted octanol–water partition coefficient (Wildman–Crippen LogP) is -3.32. The average molecular weight is 273 g/mol. The molecule has 8 N–H and O–H groups in total. The summed E-state index contributed by atoms with van der Waals surface area (Å²) in [6.45, 7) is -0.459. The molecule has 1 fully saturated rings. The first-order chi connectivity index (χ1) is 9.01. The molecule has 0 aromatic carbocycles. The topological polar surface area (TPSA) is 169 Å². The summed E-state index contributed by atoms with van der Waals surface area (Å²) in [6.07, 6.45) is -3.36. The van der Waals surface area contributed by atoms with Gasteiger partial charge < -0.3 is 25.8 Å². The fourth-order valence-corrected chi connectivity index (χ4v) is 1.93. The van der Waals surface area contributed by atoms with Crippen molar-refractivity contribution < 1.29 is 24.9 Å². The number of hydrazine groups is 1. The van der Waals surface area contributed by atoms with Crippen molar-refractivity contribution in [3.63, 3.8) is 0 Å². The molecule has 1 aromatic rings. The number of rotatable bonds is 3. The van der Waals surface area contributed by atoms with Gasteiger partial charge in [-0.05, 0) is 0 Å². The average Bonchev–Trinajstić information content (AvgIpc) is 2.91. The molecule has 10 heteroatoms. The number of nitrogens with one attached hydrogen (secondary N) is 1. The van der Waals surface area contributed by atoms with Crippen molar-refractivity contribution in [3.8, 4) is 0 Å². The van der Waals surface area contributed by atoms with Crippen LogP contribution in [0.3, 0.4) is 0 Å². The fourth-order valence-electron chi connectivity index (χ4n) is 1.93. The Balaban J connectivity index is 2.28. The number of aliphatic hydroxyl groups is 3. The zero-order chi connectivity index (χ0) is 14.2. The van der Waals surface area contributed by atoms with E-state index in [1.54, 1.807) is 0 Å². The van der Waals surface area contributed by atoms with Gasteiger partial charge in [-0.2, -0.15) is 0 Å². The Kier molecular flexibility index (Phi) is 3.68. The monoisotopic (exact) mass is 273 g/mol.